The SMILES string of the molecule is Cc1noc(-c2ccc(C(=O)NNC(=O)c3cc(Br)c[nH]3)cc2)n1. The third-order valence-corrected chi connectivity index (χ3v) is 3.56. The Labute approximate surface area is 144 Å². The molecule has 3 rings (SSSR count). The zero-order valence-corrected chi connectivity index (χ0v) is 14.0. The molecule has 2 heterocycles. The summed E-state index contributed by atoms with van der Waals surface area (Å²) < 4.78 is 5.80. The Kier molecular flexibility index (Phi) is 4.43. The summed E-state index contributed by atoms with van der Waals surface area (Å²) in [7, 11) is 0. The lowest BCUT2D eigenvalue weighted by Crippen LogP contribution is -2.41. The molecular formula is C15H12BrN5O3. The molecule has 1 aromatic carbocycles. The first-order valence-corrected chi connectivity index (χ1v) is 7.67. The molecule has 9 heteroatoms. The minimum absolute atomic E-state index is 0.323. The van der Waals surface area contributed by atoms with Crippen LogP contribution in [0.4, 0.5) is 0 Å². The van der Waals surface area contributed by atoms with Crippen molar-refractivity contribution in [3.63, 3.8) is 0 Å². The molecule has 8 nitrogen and oxygen atoms in total. The van der Waals surface area contributed by atoms with E-state index in [0.717, 1.165) is 4.47 Å². The average molecular weight is 390 g/mol. The molecule has 0 atom stereocenters. The second kappa shape index (κ2) is 6.67. The molecule has 24 heavy (non-hydrogen) atoms. The number of aryl methyl sites for hydroxylation is 1. The van der Waals surface area contributed by atoms with Crippen molar-refractivity contribution in [1.29, 1.82) is 0 Å². The Morgan fingerprint density at radius 1 is 1.17 bits per heavy atom. The summed E-state index contributed by atoms with van der Waals surface area (Å²) in [6.07, 6.45) is 1.62. The smallest absolute Gasteiger partial charge is 0.286 e. The molecule has 0 saturated carbocycles. The molecule has 0 aliphatic heterocycles. The van der Waals surface area contributed by atoms with Gasteiger partial charge in [-0.25, -0.2) is 0 Å². The zero-order valence-electron chi connectivity index (χ0n) is 12.5. The Bertz CT molecular complexity index is 885. The van der Waals surface area contributed by atoms with E-state index in [9.17, 15) is 9.59 Å². The van der Waals surface area contributed by atoms with E-state index in [1.54, 1.807) is 43.5 Å². The van der Waals surface area contributed by atoms with Gasteiger partial charge in [0.25, 0.3) is 17.7 Å². The van der Waals surface area contributed by atoms with E-state index in [1.165, 1.54) is 0 Å². The summed E-state index contributed by atoms with van der Waals surface area (Å²) in [5.74, 6) is 0.0183. The second-order valence-electron chi connectivity index (χ2n) is 4.86. The Morgan fingerprint density at radius 3 is 2.46 bits per heavy atom. The lowest BCUT2D eigenvalue weighted by molar-refractivity contribution is 0.0844. The first-order valence-electron chi connectivity index (χ1n) is 6.88. The summed E-state index contributed by atoms with van der Waals surface area (Å²) in [4.78, 5) is 30.7. The van der Waals surface area contributed by atoms with E-state index in [2.05, 4.69) is 41.9 Å². The van der Waals surface area contributed by atoms with E-state index in [4.69, 9.17) is 4.52 Å². The third-order valence-electron chi connectivity index (χ3n) is 3.10. The highest BCUT2D eigenvalue weighted by Crippen LogP contribution is 2.17. The van der Waals surface area contributed by atoms with Crippen molar-refractivity contribution < 1.29 is 14.1 Å². The van der Waals surface area contributed by atoms with Gasteiger partial charge in [0.05, 0.1) is 0 Å². The van der Waals surface area contributed by atoms with Gasteiger partial charge in [0.1, 0.15) is 5.69 Å². The number of halogens is 1. The van der Waals surface area contributed by atoms with E-state index in [-0.39, 0.29) is 0 Å². The van der Waals surface area contributed by atoms with Crippen molar-refractivity contribution in [3.05, 3.63) is 58.1 Å². The number of benzene rings is 1. The molecule has 0 aliphatic carbocycles. The maximum Gasteiger partial charge on any atom is 0.286 e. The van der Waals surface area contributed by atoms with Gasteiger partial charge in [-0.2, -0.15) is 4.98 Å². The van der Waals surface area contributed by atoms with E-state index in [0.29, 0.717) is 28.5 Å². The van der Waals surface area contributed by atoms with Crippen LogP contribution in [0.2, 0.25) is 0 Å². The van der Waals surface area contributed by atoms with E-state index >= 15 is 0 Å². The topological polar surface area (TPSA) is 113 Å². The van der Waals surface area contributed by atoms with Gasteiger partial charge in [0, 0.05) is 21.8 Å². The molecular weight excluding hydrogens is 378 g/mol. The number of aromatic nitrogens is 3. The minimum Gasteiger partial charge on any atom is -0.356 e. The quantitative estimate of drug-likeness (QED) is 0.594. The van der Waals surface area contributed by atoms with Gasteiger partial charge in [0.2, 0.25) is 0 Å². The molecule has 0 radical (unpaired) electrons. The van der Waals surface area contributed by atoms with Crippen LogP contribution in [0, 0.1) is 6.92 Å². The van der Waals surface area contributed by atoms with Crippen molar-refractivity contribution in [1.82, 2.24) is 26.0 Å². The van der Waals surface area contributed by atoms with Gasteiger partial charge in [-0.15, -0.1) is 0 Å². The van der Waals surface area contributed by atoms with Gasteiger partial charge in [0.15, 0.2) is 5.82 Å². The minimum atomic E-state index is -0.452. The molecule has 122 valence electrons. The number of nitrogens with zero attached hydrogens (tertiary/aromatic N) is 2. The van der Waals surface area contributed by atoms with Crippen LogP contribution in [0.3, 0.4) is 0 Å². The number of amides is 2. The average Bonchev–Trinajstić information content (AvgIpc) is 3.21. The molecule has 0 aliphatic rings. The molecule has 0 bridgehead atoms. The van der Waals surface area contributed by atoms with Gasteiger partial charge >= 0.3 is 0 Å². The van der Waals surface area contributed by atoms with Crippen LogP contribution < -0.4 is 10.9 Å². The third kappa shape index (κ3) is 3.51. The Hall–Kier alpha value is -2.94. The number of carbonyl (C=O) groups excluding carboxylic acids is 2. The fraction of sp³-hybridized carbons (Fsp3) is 0.0667. The molecule has 0 unspecified atom stereocenters. The highest BCUT2D eigenvalue weighted by atomic mass is 79.9. The Balaban J connectivity index is 1.62. The zero-order chi connectivity index (χ0) is 17.1. The largest absolute Gasteiger partial charge is 0.356 e. The van der Waals surface area contributed by atoms with Crippen molar-refractivity contribution in [3.8, 4) is 11.5 Å². The predicted molar refractivity (Wildman–Crippen MR) is 87.9 cm³/mol. The Morgan fingerprint density at radius 2 is 1.88 bits per heavy atom. The van der Waals surface area contributed by atoms with Crippen molar-refractivity contribution >= 4 is 27.7 Å². The van der Waals surface area contributed by atoms with Crippen molar-refractivity contribution in [2.45, 2.75) is 6.92 Å². The van der Waals surface area contributed by atoms with E-state index in [1.807, 2.05) is 0 Å². The summed E-state index contributed by atoms with van der Waals surface area (Å²) in [5.41, 5.74) is 6.08. The standard InChI is InChI=1S/C15H12BrN5O3/c1-8-18-15(24-21-8)10-4-2-9(3-5-10)13(22)19-20-14(23)12-6-11(16)7-17-12/h2-7,17H,1H3,(H,19,22)(H,20,23). The number of H-pyrrole nitrogens is 1. The van der Waals surface area contributed by atoms with E-state index < -0.39 is 11.8 Å². The second-order valence-corrected chi connectivity index (χ2v) is 5.78. The van der Waals surface area contributed by atoms with Crippen molar-refractivity contribution in [2.75, 3.05) is 0 Å². The maximum atomic E-state index is 12.0. The number of aromatic amines is 1. The number of hydrazine groups is 1. The molecule has 3 N–H and O–H groups in total. The maximum absolute atomic E-state index is 12.0. The van der Waals surface area contributed by atoms with Gasteiger partial charge in [-0.05, 0) is 53.2 Å². The fourth-order valence-corrected chi connectivity index (χ4v) is 2.27. The van der Waals surface area contributed by atoms with Crippen LogP contribution in [0.5, 0.6) is 0 Å². The molecule has 2 amide bonds. The first-order chi connectivity index (χ1) is 11.5. The van der Waals surface area contributed by atoms with Gasteiger partial charge in [-0.1, -0.05) is 5.16 Å². The van der Waals surface area contributed by atoms with Crippen LogP contribution in [0.1, 0.15) is 26.7 Å². The number of nitrogens with one attached hydrogen (secondary N) is 3. The van der Waals surface area contributed by atoms with Crippen LogP contribution in [-0.2, 0) is 0 Å². The summed E-state index contributed by atoms with van der Waals surface area (Å²) in [5, 5.41) is 3.71. The number of rotatable bonds is 3. The predicted octanol–water partition coefficient (Wildman–Crippen LogP) is 2.21. The number of hydrogen-bond donors (Lipinski definition) is 3. The number of hydrogen-bond acceptors (Lipinski definition) is 5. The lowest BCUT2D eigenvalue weighted by Gasteiger charge is -2.06. The highest BCUT2D eigenvalue weighted by Gasteiger charge is 2.12. The molecule has 0 spiro atoms. The van der Waals surface area contributed by atoms with Crippen molar-refractivity contribution in [2.24, 2.45) is 0 Å². The lowest BCUT2D eigenvalue weighted by atomic mass is 10.1. The summed E-state index contributed by atoms with van der Waals surface area (Å²) >= 11 is 3.23. The molecule has 3 aromatic rings. The summed E-state index contributed by atoms with van der Waals surface area (Å²) in [6, 6.07) is 8.17. The first kappa shape index (κ1) is 15.9. The number of carbonyl (C=O) groups is 2. The van der Waals surface area contributed by atoms with Crippen LogP contribution in [0.25, 0.3) is 11.5 Å². The summed E-state index contributed by atoms with van der Waals surface area (Å²) in [6.45, 7) is 1.72. The monoisotopic (exact) mass is 389 g/mol. The highest BCUT2D eigenvalue weighted by molar-refractivity contribution is 9.10. The normalized spacial score (nSPS) is 10.4. The van der Waals surface area contributed by atoms with Crippen LogP contribution >= 0.6 is 15.9 Å². The van der Waals surface area contributed by atoms with Crippen LogP contribution in [0.15, 0.2) is 45.5 Å². The van der Waals surface area contributed by atoms with Gasteiger partial charge < -0.3 is 9.51 Å². The molecule has 0 saturated heterocycles. The van der Waals surface area contributed by atoms with Gasteiger partial charge in [-0.3, -0.25) is 20.4 Å². The fourth-order valence-electron chi connectivity index (χ4n) is 1.93. The van der Waals surface area contributed by atoms with Crippen LogP contribution in [-0.4, -0.2) is 26.9 Å². The molecule has 0 fully saturated rings. The molecule has 2 aromatic heterocycles.